The van der Waals surface area contributed by atoms with Gasteiger partial charge in [-0.2, -0.15) is 0 Å². The predicted octanol–water partition coefficient (Wildman–Crippen LogP) is 4.19. The summed E-state index contributed by atoms with van der Waals surface area (Å²) in [5.41, 5.74) is 1.07. The number of methoxy groups -OCH3 is 10. The zero-order valence-corrected chi connectivity index (χ0v) is 51.1. The van der Waals surface area contributed by atoms with E-state index in [9.17, 15) is 62.6 Å². The van der Waals surface area contributed by atoms with Crippen molar-refractivity contribution in [1.82, 2.24) is 29.9 Å². The summed E-state index contributed by atoms with van der Waals surface area (Å²) in [4.78, 5) is 154. The first-order valence-electron chi connectivity index (χ1n) is 24.4. The van der Waals surface area contributed by atoms with Gasteiger partial charge in [0.05, 0.1) is 95.8 Å². The monoisotopic (exact) mass is 1250 g/mol. The van der Waals surface area contributed by atoms with Gasteiger partial charge in [0, 0.05) is 36.3 Å². The molecule has 0 saturated heterocycles. The number of H-pyrrole nitrogens is 1. The van der Waals surface area contributed by atoms with Gasteiger partial charge in [-0.05, 0) is 23.7 Å². The molecule has 1 amide bonds. The standard InChI is InChI=1S/2C10H16O6.C9H10Cl2N2O2.C9H12N2O4.C8H8ClN3O.C5H8O4/c2*1-6(5-7(11)14-2)8(9(12)15-3)10(13)16-4;1-5(3-6(14)15-2)7-8(10)12-4-13-9(7)11;1-5(3-6(12)15-2)7-8(13)10-4-11-9(7)14;1-4-2-5(13)12-8-6(4)7(9)10-3-11-8;1-8-4(6)3-5(7)9-2/h2*6,8H,5H2,1-4H3;4-5H,3H2,1-2H3;4-5H,3H2,1-2H3,(H2,10,11,13,14);3-4H,2H2,1H3,(H,10,11,12,13);3H2,1-2H3/t6-;;2*5-;4-;/m1.111./s1. The highest BCUT2D eigenvalue weighted by atomic mass is 35.5. The summed E-state index contributed by atoms with van der Waals surface area (Å²) in [6.45, 7) is 8.55. The van der Waals surface area contributed by atoms with Gasteiger partial charge in [0.2, 0.25) is 11.8 Å². The Bertz CT molecular complexity index is 2630. The molecule has 0 fully saturated rings. The molecule has 3 aromatic heterocycles. The van der Waals surface area contributed by atoms with E-state index in [0.717, 1.165) is 11.9 Å². The van der Waals surface area contributed by atoms with Crippen LogP contribution in [0.3, 0.4) is 0 Å². The molecule has 84 heavy (non-hydrogen) atoms. The molecule has 4 rings (SSSR count). The highest BCUT2D eigenvalue weighted by Crippen LogP contribution is 2.34. The number of rotatable bonds is 18. The van der Waals surface area contributed by atoms with Gasteiger partial charge in [-0.3, -0.25) is 57.5 Å². The molecular formula is C51H70Cl3N7O23. The second-order valence-electron chi connectivity index (χ2n) is 17.2. The van der Waals surface area contributed by atoms with Gasteiger partial charge in [0.15, 0.2) is 11.8 Å². The fourth-order valence-electron chi connectivity index (χ4n) is 6.77. The van der Waals surface area contributed by atoms with Crippen molar-refractivity contribution < 1.29 is 105 Å². The molecule has 0 aromatic carbocycles. The van der Waals surface area contributed by atoms with E-state index in [1.807, 2.05) is 13.8 Å². The smallest absolute Gasteiger partial charge is 0.320 e. The number of nitrogens with one attached hydrogen (secondary N) is 2. The molecule has 4 heterocycles. The molecule has 33 heteroatoms. The highest BCUT2D eigenvalue weighted by molar-refractivity contribution is 6.34. The molecule has 3 N–H and O–H groups in total. The van der Waals surface area contributed by atoms with E-state index in [-0.39, 0.29) is 77.6 Å². The Hall–Kier alpha value is -8.12. The summed E-state index contributed by atoms with van der Waals surface area (Å²) in [5.74, 6) is -9.40. The zero-order chi connectivity index (χ0) is 65.0. The lowest BCUT2D eigenvalue weighted by molar-refractivity contribution is -0.164. The maximum Gasteiger partial charge on any atom is 0.320 e. The normalized spacial score (nSPS) is 13.0. The van der Waals surface area contributed by atoms with Gasteiger partial charge in [0.25, 0.3) is 5.56 Å². The summed E-state index contributed by atoms with van der Waals surface area (Å²) < 4.78 is 44.2. The molecule has 0 radical (unpaired) electrons. The Balaban J connectivity index is 0. The molecular weight excluding hydrogens is 1180 g/mol. The van der Waals surface area contributed by atoms with Crippen LogP contribution in [-0.2, 0) is 100 Å². The van der Waals surface area contributed by atoms with Crippen molar-refractivity contribution in [2.75, 3.05) is 76.4 Å². The van der Waals surface area contributed by atoms with Gasteiger partial charge >= 0.3 is 59.7 Å². The number of hydrogen-bond donors (Lipinski definition) is 3. The van der Waals surface area contributed by atoms with Crippen molar-refractivity contribution in [3.05, 3.63) is 61.5 Å². The molecule has 1 aliphatic heterocycles. The van der Waals surface area contributed by atoms with Crippen LogP contribution >= 0.6 is 34.8 Å². The van der Waals surface area contributed by atoms with Crippen molar-refractivity contribution >= 4 is 106 Å². The third-order valence-corrected chi connectivity index (χ3v) is 12.2. The van der Waals surface area contributed by atoms with E-state index in [1.54, 1.807) is 20.8 Å². The summed E-state index contributed by atoms with van der Waals surface area (Å²) in [7, 11) is 12.2. The van der Waals surface area contributed by atoms with Crippen molar-refractivity contribution in [2.24, 2.45) is 23.7 Å². The lowest BCUT2D eigenvalue weighted by Gasteiger charge is -2.21. The first-order chi connectivity index (χ1) is 39.4. The number of halogens is 3. The van der Waals surface area contributed by atoms with Gasteiger partial charge in [-0.1, -0.05) is 69.4 Å². The first-order valence-corrected chi connectivity index (χ1v) is 25.5. The van der Waals surface area contributed by atoms with Crippen LogP contribution in [0.15, 0.2) is 23.8 Å². The average Bonchev–Trinajstić information content (AvgIpc) is 3.65. The number of aromatic hydroxyl groups is 1. The lowest BCUT2D eigenvalue weighted by Crippen LogP contribution is -2.33. The zero-order valence-electron chi connectivity index (χ0n) is 48.8. The SMILES string of the molecule is COC(=O)CC(=O)OC.COC(=O)CC(C)C(C(=O)OC)C(=O)OC.COC(=O)C[C@@H](C)C(C(=O)OC)C(=O)OC.COC(=O)C[C@@H](C)c1c(Cl)ncnc1Cl.COC(=O)C[C@@H](C)c1c(O)nc[nH]c1=O.C[C@@H]1CC(=O)Nc2ncnc(Cl)c21. The molecule has 0 saturated carbocycles. The van der Waals surface area contributed by atoms with Crippen molar-refractivity contribution in [3.63, 3.8) is 0 Å². The van der Waals surface area contributed by atoms with Crippen LogP contribution in [0.25, 0.3) is 0 Å². The van der Waals surface area contributed by atoms with E-state index in [4.69, 9.17) is 34.8 Å². The molecule has 30 nitrogen and oxygen atoms in total. The quantitative estimate of drug-likeness (QED) is 0.0695. The fraction of sp³-hybridized carbons (Fsp3) is 0.549. The van der Waals surface area contributed by atoms with Crippen molar-refractivity contribution in [1.29, 1.82) is 0 Å². The third kappa shape index (κ3) is 28.2. The minimum Gasteiger partial charge on any atom is -0.493 e. The van der Waals surface area contributed by atoms with E-state index < -0.39 is 88.9 Å². The lowest BCUT2D eigenvalue weighted by atomic mass is 9.91. The number of nitrogens with zero attached hydrogens (tertiary/aromatic N) is 5. The third-order valence-electron chi connectivity index (χ3n) is 11.3. The number of carbonyl (C=O) groups is 11. The van der Waals surface area contributed by atoms with Crippen LogP contribution < -0.4 is 10.9 Å². The Morgan fingerprint density at radius 2 is 0.857 bits per heavy atom. The molecule has 0 bridgehead atoms. The maximum absolute atomic E-state index is 11.3. The minimum atomic E-state index is -1.10. The van der Waals surface area contributed by atoms with Gasteiger partial charge in [-0.15, -0.1) is 0 Å². The van der Waals surface area contributed by atoms with Crippen LogP contribution in [0.4, 0.5) is 5.82 Å². The number of aromatic amines is 1. The Kier molecular flexibility index (Phi) is 38.8. The Morgan fingerprint density at radius 3 is 1.21 bits per heavy atom. The number of amides is 1. The number of anilines is 1. The highest BCUT2D eigenvalue weighted by Gasteiger charge is 2.37. The second kappa shape index (κ2) is 41.8. The molecule has 468 valence electrons. The van der Waals surface area contributed by atoms with Crippen LogP contribution in [0.5, 0.6) is 5.88 Å². The number of esters is 10. The van der Waals surface area contributed by atoms with Crippen LogP contribution in [0.2, 0.25) is 15.5 Å². The van der Waals surface area contributed by atoms with E-state index in [1.165, 1.54) is 83.8 Å². The van der Waals surface area contributed by atoms with Gasteiger partial charge in [0.1, 0.15) is 40.4 Å². The topological polar surface area (TPSA) is 410 Å². The molecule has 0 spiro atoms. The molecule has 5 atom stereocenters. The van der Waals surface area contributed by atoms with Crippen LogP contribution in [0, 0.1) is 23.7 Å². The van der Waals surface area contributed by atoms with Crippen molar-refractivity contribution in [3.8, 4) is 5.88 Å². The fourth-order valence-corrected chi connectivity index (χ4v) is 7.78. The molecule has 1 aliphatic rings. The maximum atomic E-state index is 11.3. The minimum absolute atomic E-state index is 0.0187. The number of aromatic nitrogens is 6. The number of ether oxygens (including phenoxy) is 10. The number of fused-ring (bicyclic) bond motifs is 1. The summed E-state index contributed by atoms with van der Waals surface area (Å²) in [5, 5.41) is 13.0. The first kappa shape index (κ1) is 77.9. The summed E-state index contributed by atoms with van der Waals surface area (Å²) in [6.07, 6.45) is 3.98. The van der Waals surface area contributed by atoms with Crippen LogP contribution in [-0.4, -0.2) is 172 Å². The largest absolute Gasteiger partial charge is 0.493 e. The second-order valence-corrected chi connectivity index (χ2v) is 18.2. The number of carbonyl (C=O) groups excluding carboxylic acids is 11. The molecule has 1 unspecified atom stereocenters. The predicted molar refractivity (Wildman–Crippen MR) is 293 cm³/mol. The van der Waals surface area contributed by atoms with Gasteiger partial charge < -0.3 is 62.8 Å². The van der Waals surface area contributed by atoms with Crippen LogP contribution in [0.1, 0.15) is 108 Å². The average molecular weight is 1260 g/mol. The van der Waals surface area contributed by atoms with E-state index >= 15 is 0 Å². The summed E-state index contributed by atoms with van der Waals surface area (Å²) in [6, 6.07) is 0. The summed E-state index contributed by atoms with van der Waals surface area (Å²) >= 11 is 17.6. The van der Waals surface area contributed by atoms with Gasteiger partial charge in [-0.25, -0.2) is 24.9 Å². The van der Waals surface area contributed by atoms with E-state index in [2.05, 4.69) is 82.6 Å². The molecule has 3 aromatic rings. The number of hydrogen-bond acceptors (Lipinski definition) is 28. The Morgan fingerprint density at radius 1 is 0.512 bits per heavy atom. The van der Waals surface area contributed by atoms with Crippen molar-refractivity contribution in [2.45, 2.75) is 90.9 Å². The molecule has 0 aliphatic carbocycles. The Labute approximate surface area is 497 Å². The van der Waals surface area contributed by atoms with E-state index in [0.29, 0.717) is 23.0 Å².